The molecule has 0 aliphatic carbocycles. The van der Waals surface area contributed by atoms with E-state index in [2.05, 4.69) is 20.8 Å². The Balaban J connectivity index is 2.03. The Hall–Kier alpha value is -3.73. The first kappa shape index (κ1) is 15.7. The fraction of sp³-hybridized carbons (Fsp3) is 0. The summed E-state index contributed by atoms with van der Waals surface area (Å²) in [4.78, 5) is 16.1. The number of amides is 1. The summed E-state index contributed by atoms with van der Waals surface area (Å²) in [7, 11) is 0. The molecule has 23 heavy (non-hydrogen) atoms. The van der Waals surface area contributed by atoms with Gasteiger partial charge >= 0.3 is 0 Å². The van der Waals surface area contributed by atoms with Crippen LogP contribution in [0.5, 0.6) is 0 Å². The van der Waals surface area contributed by atoms with Gasteiger partial charge in [-0.05, 0) is 36.4 Å². The maximum absolute atomic E-state index is 12.0. The highest BCUT2D eigenvalue weighted by Crippen LogP contribution is 2.11. The molecule has 8 heteroatoms. The summed E-state index contributed by atoms with van der Waals surface area (Å²) in [5, 5.41) is 22.2. The van der Waals surface area contributed by atoms with Gasteiger partial charge in [0, 0.05) is 11.8 Å². The maximum atomic E-state index is 12.0. The van der Waals surface area contributed by atoms with E-state index in [1.165, 1.54) is 0 Å². The summed E-state index contributed by atoms with van der Waals surface area (Å²) in [6.45, 7) is 0. The highest BCUT2D eigenvalue weighted by atomic mass is 16.1. The van der Waals surface area contributed by atoms with Crippen LogP contribution in [0.3, 0.4) is 0 Å². The smallest absolute Gasteiger partial charge is 0.256 e. The summed E-state index contributed by atoms with van der Waals surface area (Å²) < 4.78 is 0. The Bertz CT molecular complexity index is 776. The standard InChI is InChI=1S/C15H13N7O/c16-9-12(14(17)18)22-21-11-6-4-10(5-7-11)15(23)20-13-3-1-2-8-19-13/h1-8,21H,(H3,17,18)(H,19,20,23)/b22-12+. The summed E-state index contributed by atoms with van der Waals surface area (Å²) >= 11 is 0. The van der Waals surface area contributed by atoms with Gasteiger partial charge in [-0.15, -0.1) is 0 Å². The molecule has 8 nitrogen and oxygen atoms in total. The lowest BCUT2D eigenvalue weighted by Crippen LogP contribution is -2.21. The van der Waals surface area contributed by atoms with E-state index < -0.39 is 5.84 Å². The number of amidine groups is 1. The van der Waals surface area contributed by atoms with Gasteiger partial charge < -0.3 is 11.1 Å². The van der Waals surface area contributed by atoms with Gasteiger partial charge in [-0.1, -0.05) is 6.07 Å². The second-order valence-corrected chi connectivity index (χ2v) is 4.34. The summed E-state index contributed by atoms with van der Waals surface area (Å²) in [6, 6.07) is 13.3. The molecule has 0 spiro atoms. The molecule has 0 unspecified atom stereocenters. The largest absolute Gasteiger partial charge is 0.382 e. The van der Waals surface area contributed by atoms with Crippen molar-refractivity contribution in [2.75, 3.05) is 10.7 Å². The van der Waals surface area contributed by atoms with Crippen LogP contribution < -0.4 is 16.5 Å². The Morgan fingerprint density at radius 3 is 2.57 bits per heavy atom. The molecule has 0 atom stereocenters. The predicted octanol–water partition coefficient (Wildman–Crippen LogP) is 1.56. The molecule has 2 rings (SSSR count). The zero-order chi connectivity index (χ0) is 16.7. The van der Waals surface area contributed by atoms with Gasteiger partial charge in [-0.3, -0.25) is 15.6 Å². The number of nitriles is 1. The van der Waals surface area contributed by atoms with Crippen LogP contribution in [0.15, 0.2) is 53.8 Å². The molecule has 114 valence electrons. The normalized spacial score (nSPS) is 10.5. The lowest BCUT2D eigenvalue weighted by Gasteiger charge is -2.05. The van der Waals surface area contributed by atoms with Crippen LogP contribution in [-0.2, 0) is 0 Å². The third-order valence-corrected chi connectivity index (χ3v) is 2.71. The van der Waals surface area contributed by atoms with Crippen molar-refractivity contribution < 1.29 is 4.79 Å². The van der Waals surface area contributed by atoms with Gasteiger partial charge in [-0.25, -0.2) is 4.98 Å². The highest BCUT2D eigenvalue weighted by molar-refractivity contribution is 6.45. The van der Waals surface area contributed by atoms with Crippen LogP contribution in [0.4, 0.5) is 11.5 Å². The fourth-order valence-electron chi connectivity index (χ4n) is 1.59. The molecule has 1 amide bonds. The van der Waals surface area contributed by atoms with Gasteiger partial charge in [0.1, 0.15) is 11.9 Å². The average molecular weight is 307 g/mol. The van der Waals surface area contributed by atoms with E-state index in [4.69, 9.17) is 16.4 Å². The number of nitrogens with one attached hydrogen (secondary N) is 3. The molecular formula is C15H13N7O. The van der Waals surface area contributed by atoms with E-state index >= 15 is 0 Å². The maximum Gasteiger partial charge on any atom is 0.256 e. The number of pyridine rings is 1. The number of carbonyl (C=O) groups excluding carboxylic acids is 1. The van der Waals surface area contributed by atoms with E-state index in [0.29, 0.717) is 17.1 Å². The van der Waals surface area contributed by atoms with E-state index in [0.717, 1.165) is 0 Å². The summed E-state index contributed by atoms with van der Waals surface area (Å²) in [5.41, 5.74) is 8.54. The van der Waals surface area contributed by atoms with Crippen molar-refractivity contribution in [3.8, 4) is 6.07 Å². The monoisotopic (exact) mass is 307 g/mol. The third kappa shape index (κ3) is 4.37. The minimum absolute atomic E-state index is 0.220. The molecule has 1 heterocycles. The second-order valence-electron chi connectivity index (χ2n) is 4.34. The number of rotatable bonds is 5. The van der Waals surface area contributed by atoms with E-state index in [9.17, 15) is 4.79 Å². The molecule has 1 aromatic carbocycles. The fourth-order valence-corrected chi connectivity index (χ4v) is 1.59. The lowest BCUT2D eigenvalue weighted by atomic mass is 10.2. The molecular weight excluding hydrogens is 294 g/mol. The van der Waals surface area contributed by atoms with Crippen LogP contribution in [-0.4, -0.2) is 22.4 Å². The molecule has 0 aliphatic rings. The van der Waals surface area contributed by atoms with Gasteiger partial charge in [0.15, 0.2) is 5.84 Å². The molecule has 0 bridgehead atoms. The van der Waals surface area contributed by atoms with Crippen molar-refractivity contribution in [3.63, 3.8) is 0 Å². The quantitative estimate of drug-likeness (QED) is 0.377. The Kier molecular flexibility index (Phi) is 4.99. The number of anilines is 2. The molecule has 5 N–H and O–H groups in total. The van der Waals surface area contributed by atoms with E-state index in [1.54, 1.807) is 54.7 Å². The number of hydrazone groups is 1. The molecule has 0 saturated carbocycles. The van der Waals surface area contributed by atoms with Crippen LogP contribution in [0.1, 0.15) is 10.4 Å². The number of carbonyl (C=O) groups is 1. The highest BCUT2D eigenvalue weighted by Gasteiger charge is 2.06. The van der Waals surface area contributed by atoms with Crippen LogP contribution in [0.25, 0.3) is 0 Å². The van der Waals surface area contributed by atoms with Crippen molar-refractivity contribution in [2.45, 2.75) is 0 Å². The van der Waals surface area contributed by atoms with E-state index in [-0.39, 0.29) is 11.6 Å². The van der Waals surface area contributed by atoms with E-state index in [1.807, 2.05) is 0 Å². The number of nitrogens with zero attached hydrogens (tertiary/aromatic N) is 3. The Labute approximate surface area is 132 Å². The molecule has 1 aromatic heterocycles. The SMILES string of the molecule is N#C/C(=N\Nc1ccc(C(=O)Nc2ccccn2)cc1)C(=N)N. The van der Waals surface area contributed by atoms with Gasteiger partial charge in [0.05, 0.1) is 5.69 Å². The van der Waals surface area contributed by atoms with Crippen molar-refractivity contribution in [3.05, 3.63) is 54.2 Å². The van der Waals surface area contributed by atoms with Crippen LogP contribution in [0, 0.1) is 16.7 Å². The summed E-state index contributed by atoms with van der Waals surface area (Å²) in [6.07, 6.45) is 1.59. The van der Waals surface area contributed by atoms with Crippen molar-refractivity contribution in [1.82, 2.24) is 4.98 Å². The molecule has 0 saturated heterocycles. The zero-order valence-electron chi connectivity index (χ0n) is 11.9. The zero-order valence-corrected chi connectivity index (χ0v) is 11.9. The minimum Gasteiger partial charge on any atom is -0.382 e. The Morgan fingerprint density at radius 2 is 2.00 bits per heavy atom. The van der Waals surface area contributed by atoms with Crippen molar-refractivity contribution in [2.24, 2.45) is 10.8 Å². The Morgan fingerprint density at radius 1 is 1.26 bits per heavy atom. The average Bonchev–Trinajstić information content (AvgIpc) is 2.56. The predicted molar refractivity (Wildman–Crippen MR) is 87.2 cm³/mol. The third-order valence-electron chi connectivity index (χ3n) is 2.71. The minimum atomic E-state index is -0.425. The van der Waals surface area contributed by atoms with Gasteiger partial charge in [0.25, 0.3) is 5.91 Å². The van der Waals surface area contributed by atoms with Crippen LogP contribution >= 0.6 is 0 Å². The lowest BCUT2D eigenvalue weighted by molar-refractivity contribution is 0.102. The second kappa shape index (κ2) is 7.33. The van der Waals surface area contributed by atoms with Crippen molar-refractivity contribution in [1.29, 1.82) is 10.7 Å². The first-order valence-electron chi connectivity index (χ1n) is 6.51. The molecule has 0 fully saturated rings. The number of benzene rings is 1. The summed E-state index contributed by atoms with van der Waals surface area (Å²) in [5.74, 6) is -0.254. The molecule has 0 aliphatic heterocycles. The number of nitrogens with two attached hydrogens (primary N) is 1. The number of aromatic nitrogens is 1. The topological polar surface area (TPSA) is 140 Å². The first-order valence-corrected chi connectivity index (χ1v) is 6.51. The van der Waals surface area contributed by atoms with Gasteiger partial charge in [-0.2, -0.15) is 10.4 Å². The van der Waals surface area contributed by atoms with Gasteiger partial charge in [0.2, 0.25) is 5.71 Å². The molecule has 0 radical (unpaired) electrons. The first-order chi connectivity index (χ1) is 11.1. The van der Waals surface area contributed by atoms with Crippen LogP contribution in [0.2, 0.25) is 0 Å². The number of hydrogen-bond donors (Lipinski definition) is 4. The van der Waals surface area contributed by atoms with Crippen molar-refractivity contribution >= 4 is 29.0 Å². The molecule has 2 aromatic rings. The number of hydrogen-bond acceptors (Lipinski definition) is 6.